The molecule has 0 saturated carbocycles. The third-order valence-corrected chi connectivity index (χ3v) is 4.07. The Labute approximate surface area is 149 Å². The van der Waals surface area contributed by atoms with Crippen molar-refractivity contribution in [2.75, 3.05) is 5.32 Å². The molecule has 0 aliphatic rings. The summed E-state index contributed by atoms with van der Waals surface area (Å²) in [5, 5.41) is 14.5. The fourth-order valence-electron chi connectivity index (χ4n) is 2.62. The van der Waals surface area contributed by atoms with Crippen molar-refractivity contribution in [3.05, 3.63) is 77.8 Å². The molecule has 3 aromatic carbocycles. The molecule has 0 aliphatic carbocycles. The molecule has 25 heavy (non-hydrogen) atoms. The first kappa shape index (κ1) is 15.4. The average Bonchev–Trinajstić information content (AvgIpc) is 2.62. The molecule has 4 aromatic rings. The molecular weight excluding hydrogens is 334 g/mol. The molecular formula is C20H14ClN3O. The maximum absolute atomic E-state index is 9.68. The van der Waals surface area contributed by atoms with Gasteiger partial charge in [0.25, 0.3) is 0 Å². The molecule has 4 nitrogen and oxygen atoms in total. The van der Waals surface area contributed by atoms with Gasteiger partial charge in [-0.1, -0.05) is 29.8 Å². The molecule has 0 unspecified atom stereocenters. The highest BCUT2D eigenvalue weighted by molar-refractivity contribution is 6.30. The number of nitrogens with zero attached hydrogens (tertiary/aromatic N) is 2. The number of benzene rings is 3. The fourth-order valence-corrected chi connectivity index (χ4v) is 2.75. The van der Waals surface area contributed by atoms with E-state index in [1.807, 2.05) is 54.6 Å². The minimum atomic E-state index is 0.196. The topological polar surface area (TPSA) is 58.0 Å². The Morgan fingerprint density at radius 2 is 1.64 bits per heavy atom. The van der Waals surface area contributed by atoms with Crippen molar-refractivity contribution in [2.45, 2.75) is 0 Å². The van der Waals surface area contributed by atoms with Crippen LogP contribution in [0.3, 0.4) is 0 Å². The van der Waals surface area contributed by atoms with Crippen LogP contribution in [0, 0.1) is 0 Å². The first-order valence-electron chi connectivity index (χ1n) is 7.78. The van der Waals surface area contributed by atoms with Gasteiger partial charge in [0.2, 0.25) is 0 Å². The number of nitrogens with one attached hydrogen (secondary N) is 1. The van der Waals surface area contributed by atoms with E-state index in [4.69, 9.17) is 11.6 Å². The monoisotopic (exact) mass is 347 g/mol. The van der Waals surface area contributed by atoms with E-state index in [2.05, 4.69) is 15.3 Å². The van der Waals surface area contributed by atoms with Crippen molar-refractivity contribution >= 4 is 34.0 Å². The number of hydrogen-bond acceptors (Lipinski definition) is 4. The Hall–Kier alpha value is -3.11. The third kappa shape index (κ3) is 3.25. The Balaban J connectivity index is 1.85. The lowest BCUT2D eigenvalue weighted by Crippen LogP contribution is -1.99. The summed E-state index contributed by atoms with van der Waals surface area (Å²) in [4.78, 5) is 9.33. The number of rotatable bonds is 3. The molecule has 0 atom stereocenters. The van der Waals surface area contributed by atoms with E-state index in [1.54, 1.807) is 18.2 Å². The number of aromatic nitrogens is 2. The summed E-state index contributed by atoms with van der Waals surface area (Å²) in [6, 6.07) is 22.2. The van der Waals surface area contributed by atoms with E-state index in [0.717, 1.165) is 22.2 Å². The van der Waals surface area contributed by atoms with Gasteiger partial charge in [0.05, 0.1) is 5.52 Å². The zero-order chi connectivity index (χ0) is 17.2. The summed E-state index contributed by atoms with van der Waals surface area (Å²) in [6.07, 6.45) is 0. The summed E-state index contributed by atoms with van der Waals surface area (Å²) >= 11 is 5.97. The summed E-state index contributed by atoms with van der Waals surface area (Å²) in [7, 11) is 0. The first-order chi connectivity index (χ1) is 12.2. The molecule has 4 rings (SSSR count). The van der Waals surface area contributed by atoms with E-state index >= 15 is 0 Å². The van der Waals surface area contributed by atoms with Crippen LogP contribution in [0.4, 0.5) is 11.5 Å². The normalized spacial score (nSPS) is 10.8. The van der Waals surface area contributed by atoms with Crippen molar-refractivity contribution in [3.8, 4) is 17.1 Å². The van der Waals surface area contributed by atoms with Crippen LogP contribution >= 0.6 is 11.6 Å². The van der Waals surface area contributed by atoms with Gasteiger partial charge in [0.15, 0.2) is 5.82 Å². The molecule has 0 bridgehead atoms. The van der Waals surface area contributed by atoms with Gasteiger partial charge in [-0.2, -0.15) is 0 Å². The second-order valence-corrected chi connectivity index (χ2v) is 6.03. The smallest absolute Gasteiger partial charge is 0.162 e. The molecule has 122 valence electrons. The van der Waals surface area contributed by atoms with Gasteiger partial charge >= 0.3 is 0 Å². The van der Waals surface area contributed by atoms with Crippen molar-refractivity contribution in [3.63, 3.8) is 0 Å². The maximum atomic E-state index is 9.68. The zero-order valence-corrected chi connectivity index (χ0v) is 13.9. The number of halogens is 1. The lowest BCUT2D eigenvalue weighted by molar-refractivity contribution is 0.475. The minimum absolute atomic E-state index is 0.196. The lowest BCUT2D eigenvalue weighted by atomic mass is 10.2. The summed E-state index contributed by atoms with van der Waals surface area (Å²) < 4.78 is 0. The van der Waals surface area contributed by atoms with Crippen molar-refractivity contribution in [1.29, 1.82) is 0 Å². The Morgan fingerprint density at radius 1 is 0.840 bits per heavy atom. The second kappa shape index (κ2) is 6.42. The SMILES string of the molecule is Oc1cccc(Nc2nc(-c3ccc(Cl)cc3)nc3ccccc23)c1. The molecule has 0 amide bonds. The number of fused-ring (bicyclic) bond motifs is 1. The van der Waals surface area contributed by atoms with Gasteiger partial charge in [-0.3, -0.25) is 0 Å². The number of phenols is 1. The number of phenolic OH excluding ortho intramolecular Hbond substituents is 1. The second-order valence-electron chi connectivity index (χ2n) is 5.60. The van der Waals surface area contributed by atoms with Crippen LogP contribution < -0.4 is 5.32 Å². The molecule has 1 aromatic heterocycles. The predicted molar refractivity (Wildman–Crippen MR) is 101 cm³/mol. The maximum Gasteiger partial charge on any atom is 0.162 e. The summed E-state index contributed by atoms with van der Waals surface area (Å²) in [5.41, 5.74) is 2.48. The van der Waals surface area contributed by atoms with Crippen LogP contribution in [0.25, 0.3) is 22.3 Å². The average molecular weight is 348 g/mol. The highest BCUT2D eigenvalue weighted by Crippen LogP contribution is 2.28. The molecule has 1 heterocycles. The predicted octanol–water partition coefficient (Wildman–Crippen LogP) is 5.40. The number of aromatic hydroxyl groups is 1. The van der Waals surface area contributed by atoms with Crippen LogP contribution in [-0.2, 0) is 0 Å². The van der Waals surface area contributed by atoms with Crippen molar-refractivity contribution in [2.24, 2.45) is 0 Å². The summed E-state index contributed by atoms with van der Waals surface area (Å²) in [6.45, 7) is 0. The largest absolute Gasteiger partial charge is 0.508 e. The molecule has 0 spiro atoms. The highest BCUT2D eigenvalue weighted by Gasteiger charge is 2.10. The third-order valence-electron chi connectivity index (χ3n) is 3.81. The van der Waals surface area contributed by atoms with Crippen LogP contribution in [0.2, 0.25) is 5.02 Å². The lowest BCUT2D eigenvalue weighted by Gasteiger charge is -2.11. The van der Waals surface area contributed by atoms with Crippen LogP contribution in [-0.4, -0.2) is 15.1 Å². The van der Waals surface area contributed by atoms with Crippen LogP contribution in [0.15, 0.2) is 72.8 Å². The Morgan fingerprint density at radius 3 is 2.44 bits per heavy atom. The number of anilines is 2. The van der Waals surface area contributed by atoms with E-state index < -0.39 is 0 Å². The number of hydrogen-bond donors (Lipinski definition) is 2. The minimum Gasteiger partial charge on any atom is -0.508 e. The van der Waals surface area contributed by atoms with Crippen molar-refractivity contribution < 1.29 is 5.11 Å². The molecule has 0 fully saturated rings. The highest BCUT2D eigenvalue weighted by atomic mass is 35.5. The van der Waals surface area contributed by atoms with Gasteiger partial charge in [0.1, 0.15) is 11.6 Å². The molecule has 0 saturated heterocycles. The zero-order valence-electron chi connectivity index (χ0n) is 13.1. The number of para-hydroxylation sites is 1. The van der Waals surface area contributed by atoms with Gasteiger partial charge in [-0.25, -0.2) is 9.97 Å². The van der Waals surface area contributed by atoms with E-state index in [0.29, 0.717) is 16.7 Å². The van der Waals surface area contributed by atoms with Gasteiger partial charge in [-0.05, 0) is 48.5 Å². The van der Waals surface area contributed by atoms with E-state index in [-0.39, 0.29) is 5.75 Å². The van der Waals surface area contributed by atoms with E-state index in [9.17, 15) is 5.11 Å². The van der Waals surface area contributed by atoms with Gasteiger partial charge in [-0.15, -0.1) is 0 Å². The molecule has 0 radical (unpaired) electrons. The quantitative estimate of drug-likeness (QED) is 0.521. The molecule has 5 heteroatoms. The summed E-state index contributed by atoms with van der Waals surface area (Å²) in [5.74, 6) is 1.49. The molecule has 2 N–H and O–H groups in total. The van der Waals surface area contributed by atoms with E-state index in [1.165, 1.54) is 0 Å². The van der Waals surface area contributed by atoms with Gasteiger partial charge in [0, 0.05) is 27.7 Å². The van der Waals surface area contributed by atoms with Crippen LogP contribution in [0.5, 0.6) is 5.75 Å². The molecule has 0 aliphatic heterocycles. The standard InChI is InChI=1S/C20H14ClN3O/c21-14-10-8-13(9-11-14)19-23-18-7-2-1-6-17(18)20(24-19)22-15-4-3-5-16(25)12-15/h1-12,25H,(H,22,23,24). The fraction of sp³-hybridized carbons (Fsp3) is 0. The van der Waals surface area contributed by atoms with Crippen LogP contribution in [0.1, 0.15) is 0 Å². The van der Waals surface area contributed by atoms with Crippen molar-refractivity contribution in [1.82, 2.24) is 9.97 Å². The Kier molecular flexibility index (Phi) is 3.96. The Bertz CT molecular complexity index is 1050. The first-order valence-corrected chi connectivity index (χ1v) is 8.16. The van der Waals surface area contributed by atoms with Gasteiger partial charge < -0.3 is 10.4 Å².